The van der Waals surface area contributed by atoms with Crippen LogP contribution in [0.3, 0.4) is 0 Å². The average Bonchev–Trinajstić information content (AvgIpc) is 3.48. The molecule has 0 bridgehead atoms. The number of carbonyl (C=O) groups excluding carboxylic acids is 1. The van der Waals surface area contributed by atoms with Crippen molar-refractivity contribution in [1.82, 2.24) is 9.97 Å². The quantitative estimate of drug-likeness (QED) is 0.221. The highest BCUT2D eigenvalue weighted by Crippen LogP contribution is 2.36. The van der Waals surface area contributed by atoms with Gasteiger partial charge in [-0.1, -0.05) is 104 Å². The number of rotatable bonds is 6. The van der Waals surface area contributed by atoms with E-state index in [0.29, 0.717) is 10.6 Å². The van der Waals surface area contributed by atoms with E-state index in [0.717, 1.165) is 38.4 Å². The number of aromatic amines is 1. The van der Waals surface area contributed by atoms with Gasteiger partial charge in [0.2, 0.25) is 5.78 Å². The van der Waals surface area contributed by atoms with E-state index in [9.17, 15) is 4.79 Å². The highest BCUT2D eigenvalue weighted by Gasteiger charge is 2.22. The topological polar surface area (TPSA) is 58.1 Å². The van der Waals surface area contributed by atoms with Gasteiger partial charge in [-0.2, -0.15) is 0 Å². The molecule has 1 N–H and O–H groups in total. The lowest BCUT2D eigenvalue weighted by Crippen LogP contribution is -2.03. The number of benzene rings is 3. The molecule has 2 heterocycles. The van der Waals surface area contributed by atoms with Crippen LogP contribution in [-0.4, -0.2) is 21.5 Å². The zero-order valence-electron chi connectivity index (χ0n) is 18.4. The van der Waals surface area contributed by atoms with Crippen LogP contribution in [0.2, 0.25) is 0 Å². The minimum Gasteiger partial charge on any atom is -0.360 e. The smallest absolute Gasteiger partial charge is 0.223 e. The van der Waals surface area contributed by atoms with Crippen molar-refractivity contribution in [2.75, 3.05) is 0 Å². The zero-order valence-corrected chi connectivity index (χ0v) is 19.3. The molecule has 3 aromatic carbocycles. The van der Waals surface area contributed by atoms with Gasteiger partial charge in [-0.3, -0.25) is 4.79 Å². The Morgan fingerprint density at radius 3 is 2.12 bits per heavy atom. The van der Waals surface area contributed by atoms with Crippen molar-refractivity contribution >= 4 is 38.7 Å². The van der Waals surface area contributed by atoms with Crippen LogP contribution in [0, 0.1) is 0 Å². The molecule has 5 aromatic rings. The standard InChI is InChI=1S/C28H23N3OS/c1-18(2)24-27(31-25(19-11-5-3-6-12-19)20-13-7-4-8-14-20)33-28(30-24)26(32)22-17-29-23-16-10-9-15-21(22)23/h3-18,29H,1-2H3. The van der Waals surface area contributed by atoms with E-state index in [4.69, 9.17) is 9.98 Å². The van der Waals surface area contributed by atoms with Gasteiger partial charge in [0.25, 0.3) is 0 Å². The second kappa shape index (κ2) is 8.96. The largest absolute Gasteiger partial charge is 0.360 e. The Morgan fingerprint density at radius 2 is 1.48 bits per heavy atom. The molecule has 33 heavy (non-hydrogen) atoms. The molecule has 4 nitrogen and oxygen atoms in total. The molecule has 0 spiro atoms. The molecule has 0 saturated carbocycles. The molecule has 0 aliphatic carbocycles. The minimum atomic E-state index is -0.0817. The molecule has 0 unspecified atom stereocenters. The lowest BCUT2D eigenvalue weighted by atomic mass is 10.0. The highest BCUT2D eigenvalue weighted by molar-refractivity contribution is 7.17. The fourth-order valence-corrected chi connectivity index (χ4v) is 4.89. The summed E-state index contributed by atoms with van der Waals surface area (Å²) in [5, 5.41) is 2.14. The fourth-order valence-electron chi connectivity index (χ4n) is 3.84. The molecule has 0 amide bonds. The third-order valence-electron chi connectivity index (χ3n) is 5.52. The van der Waals surface area contributed by atoms with Crippen LogP contribution >= 0.6 is 11.3 Å². The molecule has 0 saturated heterocycles. The summed E-state index contributed by atoms with van der Waals surface area (Å²) in [6.45, 7) is 4.16. The van der Waals surface area contributed by atoms with E-state index in [1.807, 2.05) is 60.7 Å². The fraction of sp³-hybridized carbons (Fsp3) is 0.107. The maximum Gasteiger partial charge on any atom is 0.223 e. The van der Waals surface area contributed by atoms with Crippen molar-refractivity contribution < 1.29 is 4.79 Å². The molecule has 0 fully saturated rings. The number of nitrogens with zero attached hydrogens (tertiary/aromatic N) is 2. The van der Waals surface area contributed by atoms with E-state index in [1.165, 1.54) is 11.3 Å². The van der Waals surface area contributed by atoms with Gasteiger partial charge in [0, 0.05) is 28.2 Å². The third kappa shape index (κ3) is 4.15. The van der Waals surface area contributed by atoms with Gasteiger partial charge in [-0.05, 0) is 12.0 Å². The Kier molecular flexibility index (Phi) is 5.71. The van der Waals surface area contributed by atoms with Crippen LogP contribution in [0.25, 0.3) is 10.9 Å². The molecule has 0 aliphatic heterocycles. The normalized spacial score (nSPS) is 11.1. The van der Waals surface area contributed by atoms with Gasteiger partial charge in [0.15, 0.2) is 5.01 Å². The first-order valence-electron chi connectivity index (χ1n) is 10.9. The lowest BCUT2D eigenvalue weighted by Gasteiger charge is -2.08. The number of aromatic nitrogens is 2. The molecule has 0 aliphatic rings. The van der Waals surface area contributed by atoms with Crippen LogP contribution in [0.4, 0.5) is 5.00 Å². The summed E-state index contributed by atoms with van der Waals surface area (Å²) in [5.41, 5.74) is 5.33. The van der Waals surface area contributed by atoms with E-state index in [2.05, 4.69) is 43.1 Å². The second-order valence-corrected chi connectivity index (χ2v) is 9.11. The first-order valence-corrected chi connectivity index (χ1v) is 11.7. The monoisotopic (exact) mass is 449 g/mol. The summed E-state index contributed by atoms with van der Waals surface area (Å²) < 4.78 is 0. The number of H-pyrrole nitrogens is 1. The number of fused-ring (bicyclic) bond motifs is 1. The van der Waals surface area contributed by atoms with Gasteiger partial charge >= 0.3 is 0 Å². The van der Waals surface area contributed by atoms with Gasteiger partial charge in [0.05, 0.1) is 17.0 Å². The minimum absolute atomic E-state index is 0.0817. The zero-order chi connectivity index (χ0) is 22.8. The Morgan fingerprint density at radius 1 is 0.879 bits per heavy atom. The van der Waals surface area contributed by atoms with Gasteiger partial charge in [-0.25, -0.2) is 9.98 Å². The number of nitrogens with one attached hydrogen (secondary N) is 1. The molecular weight excluding hydrogens is 426 g/mol. The third-order valence-corrected chi connectivity index (χ3v) is 6.48. The lowest BCUT2D eigenvalue weighted by molar-refractivity contribution is 0.104. The number of hydrogen-bond donors (Lipinski definition) is 1. The predicted octanol–water partition coefficient (Wildman–Crippen LogP) is 7.15. The maximum absolute atomic E-state index is 13.4. The van der Waals surface area contributed by atoms with Crippen LogP contribution in [0.1, 0.15) is 52.0 Å². The summed E-state index contributed by atoms with van der Waals surface area (Å²) in [6.07, 6.45) is 1.77. The van der Waals surface area contributed by atoms with Gasteiger partial charge < -0.3 is 4.98 Å². The average molecular weight is 450 g/mol. The Hall–Kier alpha value is -3.83. The first kappa shape index (κ1) is 21.0. The van der Waals surface area contributed by atoms with Gasteiger partial charge in [0.1, 0.15) is 5.00 Å². The van der Waals surface area contributed by atoms with Crippen LogP contribution in [0.5, 0.6) is 0 Å². The summed E-state index contributed by atoms with van der Waals surface area (Å²) in [4.78, 5) is 26.4. The highest BCUT2D eigenvalue weighted by atomic mass is 32.1. The summed E-state index contributed by atoms with van der Waals surface area (Å²) in [7, 11) is 0. The molecule has 0 atom stereocenters. The number of para-hydroxylation sites is 1. The van der Waals surface area contributed by atoms with Crippen molar-refractivity contribution in [3.63, 3.8) is 0 Å². The molecule has 162 valence electrons. The molecular formula is C28H23N3OS. The molecule has 5 rings (SSSR count). The van der Waals surface area contributed by atoms with E-state index in [1.54, 1.807) is 6.20 Å². The second-order valence-electron chi connectivity index (χ2n) is 8.13. The number of thiazole rings is 1. The van der Waals surface area contributed by atoms with E-state index < -0.39 is 0 Å². The van der Waals surface area contributed by atoms with Crippen LogP contribution < -0.4 is 0 Å². The summed E-state index contributed by atoms with van der Waals surface area (Å²) in [6, 6.07) is 28.1. The van der Waals surface area contributed by atoms with Crippen molar-refractivity contribution in [2.45, 2.75) is 19.8 Å². The van der Waals surface area contributed by atoms with Crippen LogP contribution in [0.15, 0.2) is 96.1 Å². The van der Waals surface area contributed by atoms with Crippen LogP contribution in [-0.2, 0) is 0 Å². The Bertz CT molecular complexity index is 1410. The molecule has 0 radical (unpaired) electrons. The predicted molar refractivity (Wildman–Crippen MR) is 136 cm³/mol. The SMILES string of the molecule is CC(C)c1nc(C(=O)c2c[nH]c3ccccc23)sc1N=C(c1ccccc1)c1ccccc1. The number of aliphatic imine (C=N–C) groups is 1. The Labute approximate surface area is 196 Å². The summed E-state index contributed by atoms with van der Waals surface area (Å²) >= 11 is 1.36. The van der Waals surface area contributed by atoms with E-state index in [-0.39, 0.29) is 11.7 Å². The molecule has 5 heteroatoms. The molecule has 2 aromatic heterocycles. The Balaban J connectivity index is 1.63. The summed E-state index contributed by atoms with van der Waals surface area (Å²) in [5.74, 6) is 0.0547. The van der Waals surface area contributed by atoms with Crippen molar-refractivity contribution in [2.24, 2.45) is 4.99 Å². The van der Waals surface area contributed by atoms with E-state index >= 15 is 0 Å². The number of carbonyl (C=O) groups is 1. The first-order chi connectivity index (χ1) is 16.1. The maximum atomic E-state index is 13.4. The van der Waals surface area contributed by atoms with Crippen molar-refractivity contribution in [3.05, 3.63) is 119 Å². The van der Waals surface area contributed by atoms with Gasteiger partial charge in [-0.15, -0.1) is 0 Å². The van der Waals surface area contributed by atoms with Crippen molar-refractivity contribution in [1.29, 1.82) is 0 Å². The number of hydrogen-bond acceptors (Lipinski definition) is 4. The van der Waals surface area contributed by atoms with Crippen molar-refractivity contribution in [3.8, 4) is 0 Å². The number of ketones is 1.